The Morgan fingerprint density at radius 2 is 2.07 bits per heavy atom. The maximum atomic E-state index is 12.8. The number of hydrogen-bond acceptors (Lipinski definition) is 3. The van der Waals surface area contributed by atoms with Crippen LogP contribution in [0.3, 0.4) is 0 Å². The van der Waals surface area contributed by atoms with Gasteiger partial charge in [-0.3, -0.25) is 4.79 Å². The highest BCUT2D eigenvalue weighted by Crippen LogP contribution is 2.43. The minimum atomic E-state index is -1.00. The summed E-state index contributed by atoms with van der Waals surface area (Å²) >= 11 is 3.49. The first-order chi connectivity index (χ1) is 13.0. The van der Waals surface area contributed by atoms with E-state index in [2.05, 4.69) is 27.3 Å². The van der Waals surface area contributed by atoms with Gasteiger partial charge in [0, 0.05) is 31.1 Å². The van der Waals surface area contributed by atoms with E-state index in [1.54, 1.807) is 0 Å². The molecular formula is C20H22BrN3O3. The molecular weight excluding hydrogens is 410 g/mol. The van der Waals surface area contributed by atoms with Crippen molar-refractivity contribution in [2.24, 2.45) is 5.92 Å². The molecule has 1 aromatic heterocycles. The van der Waals surface area contributed by atoms with Crippen molar-refractivity contribution in [2.45, 2.75) is 26.3 Å². The Kier molecular flexibility index (Phi) is 4.60. The molecule has 1 aromatic carbocycles. The van der Waals surface area contributed by atoms with Crippen LogP contribution in [0.2, 0.25) is 0 Å². The lowest BCUT2D eigenvalue weighted by Crippen LogP contribution is -2.46. The molecule has 2 aromatic rings. The van der Waals surface area contributed by atoms with Crippen molar-refractivity contribution in [3.8, 4) is 0 Å². The van der Waals surface area contributed by atoms with Crippen LogP contribution in [0, 0.1) is 5.92 Å². The number of hydrogen-bond donors (Lipinski definition) is 2. The number of fused-ring (bicyclic) bond motifs is 2. The summed E-state index contributed by atoms with van der Waals surface area (Å²) < 4.78 is 1.89. The third kappa shape index (κ3) is 2.72. The standard InChI is InChI=1S/C20H22BrN3O3/c1-3-23(4-2)19(25)11-8-13-12-6-5-7-16-17(12)14(9-15(13)22-10-11)18(21)24(16)20(26)27/h5-8,11,15,22H,3-4,9-10H2,1-2H3,(H,26,27)/t11-,15-/m1/s1. The third-order valence-electron chi connectivity index (χ3n) is 5.67. The van der Waals surface area contributed by atoms with Crippen LogP contribution in [-0.2, 0) is 11.2 Å². The summed E-state index contributed by atoms with van der Waals surface area (Å²) in [5, 5.41) is 14.1. The predicted molar refractivity (Wildman–Crippen MR) is 108 cm³/mol. The molecule has 6 nitrogen and oxygen atoms in total. The van der Waals surface area contributed by atoms with Crippen molar-refractivity contribution < 1.29 is 14.7 Å². The zero-order valence-corrected chi connectivity index (χ0v) is 16.9. The number of carboxylic acid groups (broad SMARTS) is 1. The molecule has 1 aliphatic heterocycles. The minimum Gasteiger partial charge on any atom is -0.464 e. The van der Waals surface area contributed by atoms with E-state index in [1.165, 1.54) is 4.57 Å². The number of amides is 1. The fraction of sp³-hybridized carbons (Fsp3) is 0.400. The van der Waals surface area contributed by atoms with Crippen LogP contribution in [0.15, 0.2) is 28.9 Å². The van der Waals surface area contributed by atoms with Crippen LogP contribution < -0.4 is 5.32 Å². The quantitative estimate of drug-likeness (QED) is 0.781. The minimum absolute atomic E-state index is 0.0878. The number of carbonyl (C=O) groups excluding carboxylic acids is 1. The number of nitrogens with zero attached hydrogens (tertiary/aromatic N) is 2. The summed E-state index contributed by atoms with van der Waals surface area (Å²) in [6.45, 7) is 5.99. The molecule has 2 heterocycles. The van der Waals surface area contributed by atoms with Gasteiger partial charge in [-0.1, -0.05) is 18.2 Å². The lowest BCUT2D eigenvalue weighted by molar-refractivity contribution is -0.133. The Morgan fingerprint density at radius 1 is 1.33 bits per heavy atom. The van der Waals surface area contributed by atoms with Gasteiger partial charge in [-0.05, 0) is 59.0 Å². The van der Waals surface area contributed by atoms with Gasteiger partial charge in [-0.15, -0.1) is 0 Å². The summed E-state index contributed by atoms with van der Waals surface area (Å²) in [7, 11) is 0. The van der Waals surface area contributed by atoms with E-state index in [0.717, 1.165) is 22.1 Å². The van der Waals surface area contributed by atoms with Crippen molar-refractivity contribution in [3.63, 3.8) is 0 Å². The first kappa shape index (κ1) is 18.3. The zero-order chi connectivity index (χ0) is 19.3. The lowest BCUT2D eigenvalue weighted by atomic mass is 9.80. The Balaban J connectivity index is 1.85. The molecule has 0 unspecified atom stereocenters. The summed E-state index contributed by atoms with van der Waals surface area (Å²) in [4.78, 5) is 26.4. The van der Waals surface area contributed by atoms with Crippen LogP contribution in [0.25, 0.3) is 16.5 Å². The largest absolute Gasteiger partial charge is 0.464 e. The topological polar surface area (TPSA) is 74.6 Å². The number of halogens is 1. The fourth-order valence-electron chi connectivity index (χ4n) is 4.36. The molecule has 1 aliphatic carbocycles. The lowest BCUT2D eigenvalue weighted by Gasteiger charge is -2.35. The van der Waals surface area contributed by atoms with Gasteiger partial charge in [0.05, 0.1) is 16.0 Å². The molecule has 0 radical (unpaired) electrons. The Labute approximate surface area is 166 Å². The molecule has 142 valence electrons. The van der Waals surface area contributed by atoms with E-state index >= 15 is 0 Å². The van der Waals surface area contributed by atoms with Crippen LogP contribution in [-0.4, -0.2) is 52.3 Å². The number of rotatable bonds is 3. The van der Waals surface area contributed by atoms with Gasteiger partial charge in [-0.2, -0.15) is 0 Å². The SMILES string of the molecule is CCN(CC)C(=O)[C@@H]1C=C2c3cccc4c3c(c(Br)n4C(=O)O)C[C@H]2NC1. The first-order valence-corrected chi connectivity index (χ1v) is 10.1. The maximum Gasteiger partial charge on any atom is 0.416 e. The van der Waals surface area contributed by atoms with E-state index in [1.807, 2.05) is 36.9 Å². The normalized spacial score (nSPS) is 20.9. The highest BCUT2D eigenvalue weighted by molar-refractivity contribution is 9.10. The average molecular weight is 432 g/mol. The molecule has 0 bridgehead atoms. The predicted octanol–water partition coefficient (Wildman–Crippen LogP) is 3.33. The molecule has 2 atom stereocenters. The third-order valence-corrected chi connectivity index (χ3v) is 6.51. The van der Waals surface area contributed by atoms with Crippen molar-refractivity contribution >= 4 is 44.4 Å². The molecule has 2 aliphatic rings. The van der Waals surface area contributed by atoms with Gasteiger partial charge in [0.1, 0.15) is 0 Å². The second-order valence-electron chi connectivity index (χ2n) is 6.99. The summed E-state index contributed by atoms with van der Waals surface area (Å²) in [5.41, 5.74) is 3.80. The van der Waals surface area contributed by atoms with Crippen molar-refractivity contribution in [3.05, 3.63) is 40.0 Å². The van der Waals surface area contributed by atoms with Crippen LogP contribution >= 0.6 is 15.9 Å². The number of aromatic nitrogens is 1. The van der Waals surface area contributed by atoms with Gasteiger partial charge in [0.2, 0.25) is 5.91 Å². The molecule has 0 spiro atoms. The summed E-state index contributed by atoms with van der Waals surface area (Å²) in [5.74, 6) is -0.0568. The fourth-order valence-corrected chi connectivity index (χ4v) is 5.07. The molecule has 0 fully saturated rings. The van der Waals surface area contributed by atoms with Crippen LogP contribution in [0.1, 0.15) is 25.0 Å². The van der Waals surface area contributed by atoms with Gasteiger partial charge in [0.25, 0.3) is 0 Å². The first-order valence-electron chi connectivity index (χ1n) is 9.27. The smallest absolute Gasteiger partial charge is 0.416 e. The monoisotopic (exact) mass is 431 g/mol. The van der Waals surface area contributed by atoms with Gasteiger partial charge < -0.3 is 15.3 Å². The summed E-state index contributed by atoms with van der Waals surface area (Å²) in [6.07, 6.45) is 1.79. The number of benzene rings is 1. The van der Waals surface area contributed by atoms with Crippen molar-refractivity contribution in [2.75, 3.05) is 19.6 Å². The highest BCUT2D eigenvalue weighted by Gasteiger charge is 2.35. The molecule has 7 heteroatoms. The van der Waals surface area contributed by atoms with Crippen molar-refractivity contribution in [1.82, 2.24) is 14.8 Å². The van der Waals surface area contributed by atoms with E-state index in [4.69, 9.17) is 0 Å². The number of carbonyl (C=O) groups is 2. The maximum absolute atomic E-state index is 12.8. The van der Waals surface area contributed by atoms with E-state index in [9.17, 15) is 14.7 Å². The second kappa shape index (κ2) is 6.80. The van der Waals surface area contributed by atoms with E-state index < -0.39 is 6.09 Å². The second-order valence-corrected chi connectivity index (χ2v) is 7.74. The Morgan fingerprint density at radius 3 is 2.74 bits per heavy atom. The molecule has 4 rings (SSSR count). The molecule has 0 saturated carbocycles. The average Bonchev–Trinajstić information content (AvgIpc) is 2.95. The van der Waals surface area contributed by atoms with Gasteiger partial charge in [0.15, 0.2) is 0 Å². The van der Waals surface area contributed by atoms with E-state index in [0.29, 0.717) is 36.2 Å². The molecule has 1 amide bonds. The zero-order valence-electron chi connectivity index (χ0n) is 15.3. The van der Waals surface area contributed by atoms with Crippen LogP contribution in [0.4, 0.5) is 4.79 Å². The molecule has 27 heavy (non-hydrogen) atoms. The van der Waals surface area contributed by atoms with Gasteiger partial charge >= 0.3 is 6.09 Å². The molecule has 2 N–H and O–H groups in total. The van der Waals surface area contributed by atoms with Crippen LogP contribution in [0.5, 0.6) is 0 Å². The highest BCUT2D eigenvalue weighted by atomic mass is 79.9. The number of nitrogens with one attached hydrogen (secondary N) is 1. The summed E-state index contributed by atoms with van der Waals surface area (Å²) in [6, 6.07) is 5.82. The Hall–Kier alpha value is -2.12. The van der Waals surface area contributed by atoms with Crippen molar-refractivity contribution in [1.29, 1.82) is 0 Å². The van der Waals surface area contributed by atoms with E-state index in [-0.39, 0.29) is 17.9 Å². The molecule has 0 saturated heterocycles. The van der Waals surface area contributed by atoms with Gasteiger partial charge in [-0.25, -0.2) is 9.36 Å². The Bertz CT molecular complexity index is 974.